The van der Waals surface area contributed by atoms with Crippen molar-refractivity contribution in [3.8, 4) is 5.75 Å². The summed E-state index contributed by atoms with van der Waals surface area (Å²) in [6.45, 7) is 0.595. The highest BCUT2D eigenvalue weighted by molar-refractivity contribution is 7.94. The molecule has 8 heteroatoms. The molecule has 0 bridgehead atoms. The van der Waals surface area contributed by atoms with E-state index in [1.807, 2.05) is 18.2 Å². The molecule has 1 rings (SSSR count). The first-order valence-corrected chi connectivity index (χ1v) is 10.4. The Kier molecular flexibility index (Phi) is 6.63. The van der Waals surface area contributed by atoms with Crippen LogP contribution >= 0.6 is 0 Å². The van der Waals surface area contributed by atoms with Crippen molar-refractivity contribution in [3.63, 3.8) is 0 Å². The smallest absolute Gasteiger partial charge is 0.151 e. The van der Waals surface area contributed by atoms with Crippen molar-refractivity contribution in [3.05, 3.63) is 29.8 Å². The van der Waals surface area contributed by atoms with Crippen molar-refractivity contribution in [1.82, 2.24) is 0 Å². The van der Waals surface area contributed by atoms with Gasteiger partial charge in [-0.2, -0.15) is 0 Å². The fourth-order valence-electron chi connectivity index (χ4n) is 1.65. The van der Waals surface area contributed by atoms with Crippen LogP contribution in [0.2, 0.25) is 0 Å². The Hall–Kier alpha value is -1.12. The quantitative estimate of drug-likeness (QED) is 0.654. The molecule has 120 valence electrons. The highest BCUT2D eigenvalue weighted by atomic mass is 32.2. The molecular formula is C13H21NO5S2. The van der Waals surface area contributed by atoms with Gasteiger partial charge < -0.3 is 10.5 Å². The lowest BCUT2D eigenvalue weighted by Crippen LogP contribution is -2.20. The summed E-state index contributed by atoms with van der Waals surface area (Å²) in [5.74, 6) is -0.126. The second kappa shape index (κ2) is 7.77. The predicted octanol–water partition coefficient (Wildman–Crippen LogP) is 0.374. The van der Waals surface area contributed by atoms with Gasteiger partial charge in [0.05, 0.1) is 23.9 Å². The summed E-state index contributed by atoms with van der Waals surface area (Å²) < 4.78 is 50.8. The third-order valence-electron chi connectivity index (χ3n) is 2.81. The minimum Gasteiger partial charge on any atom is -0.493 e. The number of para-hydroxylation sites is 1. The number of rotatable bonds is 9. The number of nitrogens with two attached hydrogens (primary N) is 1. The maximum absolute atomic E-state index is 11.7. The molecule has 0 saturated heterocycles. The van der Waals surface area contributed by atoms with Crippen LogP contribution in [0.5, 0.6) is 5.75 Å². The summed E-state index contributed by atoms with van der Waals surface area (Å²) in [5, 5.41) is 0. The molecule has 0 aliphatic heterocycles. The largest absolute Gasteiger partial charge is 0.493 e. The topological polar surface area (TPSA) is 104 Å². The first-order chi connectivity index (χ1) is 9.73. The summed E-state index contributed by atoms with van der Waals surface area (Å²) in [5.41, 5.74) is 6.43. The van der Waals surface area contributed by atoms with Crippen molar-refractivity contribution in [2.24, 2.45) is 5.73 Å². The highest BCUT2D eigenvalue weighted by Crippen LogP contribution is 2.17. The van der Waals surface area contributed by atoms with Crippen LogP contribution in [0.15, 0.2) is 24.3 Å². The Balaban J connectivity index is 2.40. The average Bonchev–Trinajstić information content (AvgIpc) is 2.41. The van der Waals surface area contributed by atoms with Gasteiger partial charge in [0.25, 0.3) is 0 Å². The van der Waals surface area contributed by atoms with Crippen LogP contribution in [0.3, 0.4) is 0 Å². The molecule has 1 aromatic rings. The lowest BCUT2D eigenvalue weighted by Gasteiger charge is -2.10. The minimum atomic E-state index is -3.37. The SMILES string of the molecule is CS(=O)(=O)CCS(=O)(=O)CCCOc1ccccc1CN. The van der Waals surface area contributed by atoms with E-state index in [1.165, 1.54) is 0 Å². The Morgan fingerprint density at radius 1 is 1.05 bits per heavy atom. The van der Waals surface area contributed by atoms with E-state index in [0.29, 0.717) is 18.7 Å². The molecule has 0 aromatic heterocycles. The van der Waals surface area contributed by atoms with Gasteiger partial charge in [0.2, 0.25) is 0 Å². The molecule has 0 heterocycles. The van der Waals surface area contributed by atoms with Crippen molar-refractivity contribution in [2.75, 3.05) is 30.1 Å². The number of hydrogen-bond acceptors (Lipinski definition) is 6. The van der Waals surface area contributed by atoms with Crippen LogP contribution in [-0.4, -0.2) is 47.0 Å². The Bertz CT molecular complexity index is 653. The van der Waals surface area contributed by atoms with Gasteiger partial charge in [0, 0.05) is 18.4 Å². The van der Waals surface area contributed by atoms with E-state index in [-0.39, 0.29) is 23.9 Å². The maximum atomic E-state index is 11.7. The van der Waals surface area contributed by atoms with Gasteiger partial charge in [-0.25, -0.2) is 16.8 Å². The molecule has 0 radical (unpaired) electrons. The molecular weight excluding hydrogens is 314 g/mol. The molecule has 0 amide bonds. The molecule has 2 N–H and O–H groups in total. The molecule has 0 aliphatic rings. The Morgan fingerprint density at radius 3 is 2.33 bits per heavy atom. The second-order valence-corrected chi connectivity index (χ2v) is 9.36. The first-order valence-electron chi connectivity index (χ1n) is 6.52. The van der Waals surface area contributed by atoms with Crippen molar-refractivity contribution >= 4 is 19.7 Å². The van der Waals surface area contributed by atoms with E-state index in [1.54, 1.807) is 6.07 Å². The molecule has 0 saturated carbocycles. The number of hydrogen-bond donors (Lipinski definition) is 1. The van der Waals surface area contributed by atoms with Crippen LogP contribution in [0.4, 0.5) is 0 Å². The standard InChI is InChI=1S/C13H21NO5S2/c1-20(15,16)9-10-21(17,18)8-4-7-19-13-6-3-2-5-12(13)11-14/h2-3,5-6H,4,7-11,14H2,1H3. The van der Waals surface area contributed by atoms with Gasteiger partial charge in [-0.05, 0) is 12.5 Å². The van der Waals surface area contributed by atoms with Gasteiger partial charge in [-0.1, -0.05) is 18.2 Å². The molecule has 0 unspecified atom stereocenters. The molecule has 0 fully saturated rings. The summed E-state index contributed by atoms with van der Waals surface area (Å²) in [4.78, 5) is 0. The van der Waals surface area contributed by atoms with Gasteiger partial charge in [0.15, 0.2) is 9.84 Å². The van der Waals surface area contributed by atoms with Gasteiger partial charge in [-0.3, -0.25) is 0 Å². The van der Waals surface area contributed by atoms with Gasteiger partial charge >= 0.3 is 0 Å². The minimum absolute atomic E-state index is 0.0900. The third-order valence-corrected chi connectivity index (χ3v) is 5.76. The van der Waals surface area contributed by atoms with E-state index in [0.717, 1.165) is 11.8 Å². The summed E-state index contributed by atoms with van der Waals surface area (Å²) >= 11 is 0. The molecule has 0 spiro atoms. The molecule has 6 nitrogen and oxygen atoms in total. The zero-order valence-corrected chi connectivity index (χ0v) is 13.6. The van der Waals surface area contributed by atoms with Crippen LogP contribution in [0, 0.1) is 0 Å². The lowest BCUT2D eigenvalue weighted by atomic mass is 10.2. The van der Waals surface area contributed by atoms with Crippen LogP contribution in [0.25, 0.3) is 0 Å². The number of ether oxygens (including phenoxy) is 1. The summed E-state index contributed by atoms with van der Waals surface area (Å²) in [6.07, 6.45) is 1.33. The monoisotopic (exact) mass is 335 g/mol. The maximum Gasteiger partial charge on any atom is 0.151 e. The van der Waals surface area contributed by atoms with Crippen LogP contribution in [0.1, 0.15) is 12.0 Å². The van der Waals surface area contributed by atoms with Crippen LogP contribution in [-0.2, 0) is 26.2 Å². The highest BCUT2D eigenvalue weighted by Gasteiger charge is 2.14. The van der Waals surface area contributed by atoms with E-state index < -0.39 is 19.7 Å². The first kappa shape index (κ1) is 17.9. The van der Waals surface area contributed by atoms with E-state index in [9.17, 15) is 16.8 Å². The lowest BCUT2D eigenvalue weighted by molar-refractivity contribution is 0.314. The second-order valence-electron chi connectivity index (χ2n) is 4.80. The molecule has 0 aliphatic carbocycles. The fourth-order valence-corrected chi connectivity index (χ4v) is 4.64. The van der Waals surface area contributed by atoms with Crippen molar-refractivity contribution in [1.29, 1.82) is 0 Å². The van der Waals surface area contributed by atoms with E-state index >= 15 is 0 Å². The van der Waals surface area contributed by atoms with Crippen molar-refractivity contribution in [2.45, 2.75) is 13.0 Å². The molecule has 21 heavy (non-hydrogen) atoms. The van der Waals surface area contributed by atoms with Crippen molar-refractivity contribution < 1.29 is 21.6 Å². The normalized spacial score (nSPS) is 12.3. The van der Waals surface area contributed by atoms with Gasteiger partial charge in [-0.15, -0.1) is 0 Å². The van der Waals surface area contributed by atoms with E-state index in [4.69, 9.17) is 10.5 Å². The zero-order valence-electron chi connectivity index (χ0n) is 12.0. The van der Waals surface area contributed by atoms with E-state index in [2.05, 4.69) is 0 Å². The third kappa shape index (κ3) is 7.45. The predicted molar refractivity (Wildman–Crippen MR) is 82.8 cm³/mol. The number of sulfone groups is 2. The molecule has 0 atom stereocenters. The average molecular weight is 335 g/mol. The summed E-state index contributed by atoms with van der Waals surface area (Å²) in [6, 6.07) is 7.29. The molecule has 1 aromatic carbocycles. The Morgan fingerprint density at radius 2 is 1.71 bits per heavy atom. The Labute approximate surface area is 126 Å². The van der Waals surface area contributed by atoms with Gasteiger partial charge in [0.1, 0.15) is 15.6 Å². The zero-order chi connectivity index (χ0) is 15.9. The summed E-state index contributed by atoms with van der Waals surface area (Å²) in [7, 11) is -6.63. The number of benzene rings is 1. The van der Waals surface area contributed by atoms with Crippen LogP contribution < -0.4 is 10.5 Å². The fraction of sp³-hybridized carbons (Fsp3) is 0.538.